The Hall–Kier alpha value is -2.04. The van der Waals surface area contributed by atoms with Gasteiger partial charge >= 0.3 is 5.97 Å². The van der Waals surface area contributed by atoms with E-state index in [9.17, 15) is 13.2 Å². The number of rotatable bonds is 6. The average Bonchev–Trinajstić information content (AvgIpc) is 2.44. The highest BCUT2D eigenvalue weighted by molar-refractivity contribution is 7.92. The van der Waals surface area contributed by atoms with Gasteiger partial charge in [0.1, 0.15) is 0 Å². The number of anilines is 1. The van der Waals surface area contributed by atoms with Crippen LogP contribution < -0.4 is 10.5 Å². The molecule has 0 aromatic heterocycles. The van der Waals surface area contributed by atoms with Gasteiger partial charge in [0.25, 0.3) is 0 Å². The first-order valence-corrected chi connectivity index (χ1v) is 8.08. The van der Waals surface area contributed by atoms with Gasteiger partial charge < -0.3 is 10.5 Å². The van der Waals surface area contributed by atoms with Crippen molar-refractivity contribution >= 4 is 21.7 Å². The number of hydrogen-bond acceptors (Lipinski definition) is 5. The normalized spacial score (nSPS) is 10.4. The van der Waals surface area contributed by atoms with Gasteiger partial charge in [-0.15, -0.1) is 0 Å². The molecule has 0 saturated heterocycles. The van der Waals surface area contributed by atoms with E-state index >= 15 is 0 Å². The Kier molecular flexibility index (Phi) is 6.72. The van der Waals surface area contributed by atoms with E-state index in [1.54, 1.807) is 31.2 Å². The molecular formula is C14H18N2O4S. The molecule has 6 nitrogen and oxygen atoms in total. The van der Waals surface area contributed by atoms with E-state index in [0.717, 1.165) is 0 Å². The Morgan fingerprint density at radius 1 is 1.38 bits per heavy atom. The van der Waals surface area contributed by atoms with Crippen molar-refractivity contribution < 1.29 is 17.9 Å². The van der Waals surface area contributed by atoms with Crippen LogP contribution in [-0.2, 0) is 19.6 Å². The third kappa shape index (κ3) is 6.29. The number of carbonyl (C=O) groups excluding carboxylic acids is 1. The van der Waals surface area contributed by atoms with E-state index in [-0.39, 0.29) is 25.3 Å². The number of hydrogen-bond donors (Lipinski definition) is 2. The van der Waals surface area contributed by atoms with E-state index in [1.807, 2.05) is 0 Å². The predicted molar refractivity (Wildman–Crippen MR) is 81.0 cm³/mol. The van der Waals surface area contributed by atoms with Crippen molar-refractivity contribution in [2.45, 2.75) is 13.3 Å². The van der Waals surface area contributed by atoms with Crippen LogP contribution in [-0.4, -0.2) is 33.3 Å². The molecule has 0 heterocycles. The number of ether oxygens (including phenoxy) is 1. The number of esters is 1. The molecule has 7 heteroatoms. The first kappa shape index (κ1) is 17.0. The number of nitrogens with one attached hydrogen (secondary N) is 1. The van der Waals surface area contributed by atoms with Crippen LogP contribution in [0.2, 0.25) is 0 Å². The summed E-state index contributed by atoms with van der Waals surface area (Å²) in [6, 6.07) is 6.72. The molecule has 0 amide bonds. The van der Waals surface area contributed by atoms with E-state index in [0.29, 0.717) is 11.3 Å². The van der Waals surface area contributed by atoms with Crippen LogP contribution >= 0.6 is 0 Å². The van der Waals surface area contributed by atoms with E-state index in [1.165, 1.54) is 0 Å². The zero-order valence-corrected chi connectivity index (χ0v) is 12.6. The highest BCUT2D eigenvalue weighted by atomic mass is 32.2. The summed E-state index contributed by atoms with van der Waals surface area (Å²) in [5.74, 6) is 4.57. The first-order valence-electron chi connectivity index (χ1n) is 6.42. The summed E-state index contributed by atoms with van der Waals surface area (Å²) in [4.78, 5) is 11.2. The molecule has 3 N–H and O–H groups in total. The standard InChI is InChI=1S/C14H18N2O4S/c1-2-20-14(17)9-11-21(18,19)16-13-8-4-3-6-12(13)7-5-10-15/h3-4,6,8,16H,2,9-11,15H2,1H3. The molecule has 1 aromatic carbocycles. The van der Waals surface area contributed by atoms with Crippen molar-refractivity contribution in [1.82, 2.24) is 0 Å². The van der Waals surface area contributed by atoms with Gasteiger partial charge in [0.05, 0.1) is 31.0 Å². The maximum Gasteiger partial charge on any atom is 0.306 e. The van der Waals surface area contributed by atoms with Crippen molar-refractivity contribution in [1.29, 1.82) is 0 Å². The van der Waals surface area contributed by atoms with Crippen molar-refractivity contribution in [3.8, 4) is 11.8 Å². The Labute approximate surface area is 124 Å². The Morgan fingerprint density at radius 3 is 2.76 bits per heavy atom. The molecule has 0 aliphatic rings. The van der Waals surface area contributed by atoms with Gasteiger partial charge in [-0.1, -0.05) is 24.0 Å². The number of para-hydroxylation sites is 1. The molecule has 0 radical (unpaired) electrons. The summed E-state index contributed by atoms with van der Waals surface area (Å²) in [6.07, 6.45) is -0.195. The molecule has 0 saturated carbocycles. The molecule has 0 atom stereocenters. The number of sulfonamides is 1. The Morgan fingerprint density at radius 2 is 2.10 bits per heavy atom. The average molecular weight is 310 g/mol. The second kappa shape index (κ2) is 8.29. The van der Waals surface area contributed by atoms with Gasteiger partial charge in [0.2, 0.25) is 10.0 Å². The monoisotopic (exact) mass is 310 g/mol. The number of nitrogens with two attached hydrogens (primary N) is 1. The predicted octanol–water partition coefficient (Wildman–Crippen LogP) is 0.692. The minimum Gasteiger partial charge on any atom is -0.466 e. The summed E-state index contributed by atoms with van der Waals surface area (Å²) < 4.78 is 31.0. The topological polar surface area (TPSA) is 98.5 Å². The molecule has 0 bridgehead atoms. The maximum absolute atomic E-state index is 11.9. The maximum atomic E-state index is 11.9. The fourth-order valence-electron chi connectivity index (χ4n) is 1.50. The van der Waals surface area contributed by atoms with Crippen molar-refractivity contribution in [3.63, 3.8) is 0 Å². The Bertz CT molecular complexity index is 644. The van der Waals surface area contributed by atoms with E-state index < -0.39 is 16.0 Å². The summed E-state index contributed by atoms with van der Waals surface area (Å²) in [6.45, 7) is 2.07. The zero-order chi connectivity index (χ0) is 15.7. The smallest absolute Gasteiger partial charge is 0.306 e. The molecule has 1 rings (SSSR count). The molecular weight excluding hydrogens is 292 g/mol. The van der Waals surface area contributed by atoms with E-state index in [2.05, 4.69) is 16.6 Å². The molecule has 1 aromatic rings. The summed E-state index contributed by atoms with van der Waals surface area (Å²) >= 11 is 0. The minimum atomic E-state index is -3.65. The third-order valence-electron chi connectivity index (χ3n) is 2.40. The van der Waals surface area contributed by atoms with Crippen molar-refractivity contribution in [3.05, 3.63) is 29.8 Å². The molecule has 0 aliphatic heterocycles. The molecule has 114 valence electrons. The largest absolute Gasteiger partial charge is 0.466 e. The second-order valence-corrected chi connectivity index (χ2v) is 5.87. The van der Waals surface area contributed by atoms with Crippen molar-refractivity contribution in [2.24, 2.45) is 5.73 Å². The molecule has 0 spiro atoms. The van der Waals surface area contributed by atoms with Crippen LogP contribution in [0.25, 0.3) is 0 Å². The summed E-state index contributed by atoms with van der Waals surface area (Å²) in [5, 5.41) is 0. The van der Waals surface area contributed by atoms with Crippen LogP contribution in [0.3, 0.4) is 0 Å². The van der Waals surface area contributed by atoms with E-state index in [4.69, 9.17) is 10.5 Å². The molecule has 21 heavy (non-hydrogen) atoms. The van der Waals surface area contributed by atoms with Gasteiger partial charge in [-0.25, -0.2) is 8.42 Å². The van der Waals surface area contributed by atoms with Crippen LogP contribution in [0.1, 0.15) is 18.9 Å². The highest BCUT2D eigenvalue weighted by Crippen LogP contribution is 2.15. The van der Waals surface area contributed by atoms with Crippen molar-refractivity contribution in [2.75, 3.05) is 23.6 Å². The van der Waals surface area contributed by atoms with Gasteiger partial charge in [-0.05, 0) is 19.1 Å². The minimum absolute atomic E-state index is 0.184. The first-order chi connectivity index (χ1) is 9.98. The highest BCUT2D eigenvalue weighted by Gasteiger charge is 2.15. The molecule has 0 fully saturated rings. The third-order valence-corrected chi connectivity index (χ3v) is 3.67. The zero-order valence-electron chi connectivity index (χ0n) is 11.8. The number of carbonyl (C=O) groups is 1. The van der Waals surface area contributed by atoms with Gasteiger partial charge in [0.15, 0.2) is 0 Å². The fourth-order valence-corrected chi connectivity index (χ4v) is 2.55. The summed E-state index contributed by atoms with van der Waals surface area (Å²) in [7, 11) is -3.65. The van der Waals surface area contributed by atoms with Gasteiger partial charge in [-0.2, -0.15) is 0 Å². The summed E-state index contributed by atoms with van der Waals surface area (Å²) in [5.41, 5.74) is 6.19. The molecule has 0 unspecified atom stereocenters. The van der Waals surface area contributed by atoms with Crippen LogP contribution in [0.15, 0.2) is 24.3 Å². The lowest BCUT2D eigenvalue weighted by Gasteiger charge is -2.09. The van der Waals surface area contributed by atoms with Gasteiger partial charge in [-0.3, -0.25) is 9.52 Å². The second-order valence-electron chi connectivity index (χ2n) is 4.03. The van der Waals surface area contributed by atoms with Crippen LogP contribution in [0, 0.1) is 11.8 Å². The van der Waals surface area contributed by atoms with Crippen LogP contribution in [0.4, 0.5) is 5.69 Å². The number of benzene rings is 1. The fraction of sp³-hybridized carbons (Fsp3) is 0.357. The Balaban J connectivity index is 2.78. The SMILES string of the molecule is CCOC(=O)CCS(=O)(=O)Nc1ccccc1C#CCN. The lowest BCUT2D eigenvalue weighted by molar-refractivity contribution is -0.142. The lowest BCUT2D eigenvalue weighted by Crippen LogP contribution is -2.20. The van der Waals surface area contributed by atoms with Crippen LogP contribution in [0.5, 0.6) is 0 Å². The van der Waals surface area contributed by atoms with Gasteiger partial charge in [0, 0.05) is 5.56 Å². The lowest BCUT2D eigenvalue weighted by atomic mass is 10.2. The molecule has 0 aliphatic carbocycles. The quantitative estimate of drug-likeness (QED) is 0.595.